The van der Waals surface area contributed by atoms with E-state index in [0.717, 1.165) is 13.1 Å². The number of unbranched alkanes of at least 4 members (excludes halogenated alkanes) is 12. The van der Waals surface area contributed by atoms with E-state index in [1.807, 2.05) is 0 Å². The second kappa shape index (κ2) is 20.3. The Balaban J connectivity index is 3.01. The van der Waals surface area contributed by atoms with E-state index in [0.29, 0.717) is 18.0 Å². The van der Waals surface area contributed by atoms with Crippen LogP contribution in [0.5, 0.6) is 0 Å². The summed E-state index contributed by atoms with van der Waals surface area (Å²) in [4.78, 5) is 5.68. The Morgan fingerprint density at radius 2 is 1.00 bits per heavy atom. The average Bonchev–Trinajstić information content (AvgIpc) is 2.90. The lowest BCUT2D eigenvalue weighted by atomic mass is 9.82. The number of piperazine rings is 1. The van der Waals surface area contributed by atoms with E-state index in [9.17, 15) is 5.26 Å². The summed E-state index contributed by atoms with van der Waals surface area (Å²) in [6.45, 7) is 17.8. The predicted molar refractivity (Wildman–Crippen MR) is 164 cm³/mol. The van der Waals surface area contributed by atoms with Crippen LogP contribution in [0.25, 0.3) is 0 Å². The number of hydrogen-bond acceptors (Lipinski definition) is 3. The van der Waals surface area contributed by atoms with Gasteiger partial charge in [-0.2, -0.15) is 5.26 Å². The number of nitrogens with zero attached hydrogens (tertiary/aromatic N) is 3. The Labute approximate surface area is 234 Å². The molecule has 1 heterocycles. The van der Waals surface area contributed by atoms with E-state index in [1.165, 1.54) is 135 Å². The van der Waals surface area contributed by atoms with Crippen molar-refractivity contribution in [1.82, 2.24) is 9.80 Å². The zero-order chi connectivity index (χ0) is 27.4. The van der Waals surface area contributed by atoms with Gasteiger partial charge in [-0.25, -0.2) is 0 Å². The van der Waals surface area contributed by atoms with E-state index in [2.05, 4.69) is 57.4 Å². The van der Waals surface area contributed by atoms with Gasteiger partial charge >= 0.3 is 0 Å². The number of hydrogen-bond donors (Lipinski definition) is 0. The summed E-state index contributed by atoms with van der Waals surface area (Å²) in [6.07, 6.45) is 27.4. The monoisotopic (exact) mass is 518 g/mol. The lowest BCUT2D eigenvalue weighted by Gasteiger charge is -2.54. The fourth-order valence-electron chi connectivity index (χ4n) is 6.92. The summed E-state index contributed by atoms with van der Waals surface area (Å²) in [6, 6.07) is 3.00. The molecule has 1 fully saturated rings. The smallest absolute Gasteiger partial charge is 0.0638 e. The highest BCUT2D eigenvalue weighted by Gasteiger charge is 2.42. The van der Waals surface area contributed by atoms with Crippen molar-refractivity contribution < 1.29 is 0 Å². The topological polar surface area (TPSA) is 30.3 Å². The van der Waals surface area contributed by atoms with Crippen LogP contribution in [-0.2, 0) is 0 Å². The third-order valence-corrected chi connectivity index (χ3v) is 9.54. The van der Waals surface area contributed by atoms with Crippen molar-refractivity contribution in [2.45, 2.75) is 193 Å². The van der Waals surface area contributed by atoms with Gasteiger partial charge in [0, 0.05) is 36.8 Å². The normalized spacial score (nSPS) is 17.8. The SMILES string of the molecule is CCCCCCC(C)(CCCCCC)N1CCN(C(C)(CCCCCC)CCCCCC)[C@@H](CC#N)C1. The van der Waals surface area contributed by atoms with Gasteiger partial charge in [0.1, 0.15) is 0 Å². The number of nitriles is 1. The van der Waals surface area contributed by atoms with E-state index in [1.54, 1.807) is 0 Å². The van der Waals surface area contributed by atoms with Crippen LogP contribution in [0.2, 0.25) is 0 Å². The lowest BCUT2D eigenvalue weighted by Crippen LogP contribution is -2.64. The van der Waals surface area contributed by atoms with E-state index < -0.39 is 0 Å². The van der Waals surface area contributed by atoms with Gasteiger partial charge in [-0.3, -0.25) is 9.80 Å². The summed E-state index contributed by atoms with van der Waals surface area (Å²) in [5, 5.41) is 9.89. The number of rotatable bonds is 23. The zero-order valence-corrected chi connectivity index (χ0v) is 26.4. The highest BCUT2D eigenvalue weighted by molar-refractivity contribution is 5.01. The van der Waals surface area contributed by atoms with Crippen LogP contribution in [0.4, 0.5) is 0 Å². The maximum atomic E-state index is 9.89. The van der Waals surface area contributed by atoms with Crippen molar-refractivity contribution in [3.63, 3.8) is 0 Å². The van der Waals surface area contributed by atoms with Gasteiger partial charge in [-0.1, -0.05) is 130 Å². The van der Waals surface area contributed by atoms with Gasteiger partial charge in [0.2, 0.25) is 0 Å². The maximum Gasteiger partial charge on any atom is 0.0638 e. The van der Waals surface area contributed by atoms with Gasteiger partial charge in [0.25, 0.3) is 0 Å². The average molecular weight is 518 g/mol. The molecule has 0 N–H and O–H groups in total. The second-order valence-electron chi connectivity index (χ2n) is 12.9. The van der Waals surface area contributed by atoms with Crippen molar-refractivity contribution in [2.75, 3.05) is 19.6 Å². The molecule has 0 aliphatic carbocycles. The Kier molecular flexibility index (Phi) is 18.9. The second-order valence-corrected chi connectivity index (χ2v) is 12.9. The highest BCUT2D eigenvalue weighted by Crippen LogP contribution is 2.37. The molecule has 3 heteroatoms. The lowest BCUT2D eigenvalue weighted by molar-refractivity contribution is -0.0533. The molecule has 1 aliphatic rings. The third-order valence-electron chi connectivity index (χ3n) is 9.54. The molecule has 0 aromatic carbocycles. The first kappa shape index (κ1) is 34.4. The molecule has 0 saturated carbocycles. The van der Waals surface area contributed by atoms with Crippen LogP contribution in [0.1, 0.15) is 176 Å². The van der Waals surface area contributed by atoms with Crippen molar-refractivity contribution in [2.24, 2.45) is 0 Å². The Morgan fingerprint density at radius 1 is 0.595 bits per heavy atom. The minimum absolute atomic E-state index is 0.244. The molecule has 1 saturated heterocycles. The molecule has 0 amide bonds. The third kappa shape index (κ3) is 12.9. The molecule has 0 aromatic rings. The summed E-state index contributed by atoms with van der Waals surface area (Å²) >= 11 is 0. The molecule has 0 bridgehead atoms. The van der Waals surface area contributed by atoms with Crippen LogP contribution in [0, 0.1) is 11.3 Å². The zero-order valence-electron chi connectivity index (χ0n) is 26.4. The first-order valence-electron chi connectivity index (χ1n) is 16.8. The molecular formula is C34H67N3. The summed E-state index contributed by atoms with van der Waals surface area (Å²) in [5.74, 6) is 0. The fraction of sp³-hybridized carbons (Fsp3) is 0.971. The first-order chi connectivity index (χ1) is 17.9. The minimum Gasteiger partial charge on any atom is -0.295 e. The molecule has 0 spiro atoms. The Morgan fingerprint density at radius 3 is 1.38 bits per heavy atom. The Bertz CT molecular complexity index is 556. The quantitative estimate of drug-likeness (QED) is 0.126. The van der Waals surface area contributed by atoms with Crippen LogP contribution in [-0.4, -0.2) is 46.6 Å². The largest absolute Gasteiger partial charge is 0.295 e. The molecule has 1 aliphatic heterocycles. The van der Waals surface area contributed by atoms with Crippen molar-refractivity contribution in [1.29, 1.82) is 5.26 Å². The fourth-order valence-corrected chi connectivity index (χ4v) is 6.92. The van der Waals surface area contributed by atoms with Gasteiger partial charge in [-0.15, -0.1) is 0 Å². The molecular weight excluding hydrogens is 450 g/mol. The molecule has 3 nitrogen and oxygen atoms in total. The van der Waals surface area contributed by atoms with Gasteiger partial charge in [0.15, 0.2) is 0 Å². The van der Waals surface area contributed by atoms with E-state index in [-0.39, 0.29) is 5.54 Å². The van der Waals surface area contributed by atoms with Crippen molar-refractivity contribution >= 4 is 0 Å². The van der Waals surface area contributed by atoms with Crippen molar-refractivity contribution in [3.8, 4) is 6.07 Å². The Hall–Kier alpha value is -0.590. The molecule has 0 unspecified atom stereocenters. The van der Waals surface area contributed by atoms with Crippen LogP contribution in [0.15, 0.2) is 0 Å². The summed E-state index contributed by atoms with van der Waals surface area (Å²) in [7, 11) is 0. The molecule has 218 valence electrons. The first-order valence-corrected chi connectivity index (χ1v) is 16.8. The van der Waals surface area contributed by atoms with Crippen LogP contribution < -0.4 is 0 Å². The van der Waals surface area contributed by atoms with E-state index in [4.69, 9.17) is 0 Å². The van der Waals surface area contributed by atoms with Gasteiger partial charge in [0.05, 0.1) is 12.5 Å². The molecule has 1 rings (SSSR count). The highest BCUT2D eigenvalue weighted by atomic mass is 15.3. The van der Waals surface area contributed by atoms with E-state index >= 15 is 0 Å². The predicted octanol–water partition coefficient (Wildman–Crippen LogP) is 10.3. The van der Waals surface area contributed by atoms with Gasteiger partial charge < -0.3 is 0 Å². The van der Waals surface area contributed by atoms with Crippen molar-refractivity contribution in [3.05, 3.63) is 0 Å². The standard InChI is InChI=1S/C34H67N3/c1-7-11-15-19-24-33(5,25-20-16-12-8-2)36-29-30-37(32(31-36)23-28-35)34(6,26-21-17-13-9-3)27-22-18-14-10-4/h32H,7-27,29-31H2,1-6H3/t32-/m0/s1. The molecule has 1 atom stereocenters. The van der Waals surface area contributed by atoms with Gasteiger partial charge in [-0.05, 0) is 39.5 Å². The minimum atomic E-state index is 0.244. The molecule has 37 heavy (non-hydrogen) atoms. The summed E-state index contributed by atoms with van der Waals surface area (Å²) < 4.78 is 0. The van der Waals surface area contributed by atoms with Crippen LogP contribution >= 0.6 is 0 Å². The molecule has 0 radical (unpaired) electrons. The maximum absolute atomic E-state index is 9.89. The molecule has 0 aromatic heterocycles. The van der Waals surface area contributed by atoms with Crippen LogP contribution in [0.3, 0.4) is 0 Å². The summed E-state index contributed by atoms with van der Waals surface area (Å²) in [5.41, 5.74) is 0.535.